The van der Waals surface area contributed by atoms with Crippen molar-refractivity contribution in [1.29, 1.82) is 0 Å². The topological polar surface area (TPSA) is 50.2 Å². The zero-order chi connectivity index (χ0) is 22.5. The number of carbonyl (C=O) groups excluding carboxylic acids is 1. The van der Waals surface area contributed by atoms with Crippen LogP contribution in [0.5, 0.6) is 0 Å². The van der Waals surface area contributed by atoms with Crippen molar-refractivity contribution in [3.63, 3.8) is 0 Å². The Labute approximate surface area is 186 Å². The summed E-state index contributed by atoms with van der Waals surface area (Å²) in [6.45, 7) is 2.90. The van der Waals surface area contributed by atoms with Gasteiger partial charge in [-0.3, -0.25) is 4.79 Å². The number of rotatable bonds is 2. The standard InChI is InChI=1S/C24H29F3N4O/c1-15-11-12-30(20-10-6-5-9-17(15)20)23(32)19-14-22-28-18(16-7-3-2-4-8-16)13-21(24(25,26)27)31(22)29-19/h2-4,7-8,14-15,17-18,20-21,28H,5-6,9-13H2,1H3. The van der Waals surface area contributed by atoms with Crippen LogP contribution in [0.2, 0.25) is 0 Å². The number of hydrogen-bond acceptors (Lipinski definition) is 3. The third-order valence-corrected chi connectivity index (χ3v) is 7.61. The summed E-state index contributed by atoms with van der Waals surface area (Å²) in [6, 6.07) is 8.53. The molecule has 2 fully saturated rings. The third-order valence-electron chi connectivity index (χ3n) is 7.61. The second kappa shape index (κ2) is 8.12. The summed E-state index contributed by atoms with van der Waals surface area (Å²) < 4.78 is 42.8. The fourth-order valence-corrected chi connectivity index (χ4v) is 5.89. The van der Waals surface area contributed by atoms with Gasteiger partial charge in [-0.2, -0.15) is 18.3 Å². The van der Waals surface area contributed by atoms with Gasteiger partial charge in [-0.15, -0.1) is 0 Å². The fourth-order valence-electron chi connectivity index (χ4n) is 5.89. The highest BCUT2D eigenvalue weighted by Crippen LogP contribution is 2.44. The molecule has 2 aromatic rings. The number of fused-ring (bicyclic) bond motifs is 2. The maximum Gasteiger partial charge on any atom is 0.410 e. The quantitative estimate of drug-likeness (QED) is 0.655. The largest absolute Gasteiger partial charge is 0.410 e. The summed E-state index contributed by atoms with van der Waals surface area (Å²) in [5.74, 6) is 1.06. The molecule has 1 amide bonds. The first-order valence-electron chi connectivity index (χ1n) is 11.6. The number of hydrogen-bond donors (Lipinski definition) is 1. The van der Waals surface area contributed by atoms with Crippen molar-refractivity contribution in [3.8, 4) is 0 Å². The number of aromatic nitrogens is 2. The molecule has 1 aromatic carbocycles. The van der Waals surface area contributed by atoms with Crippen molar-refractivity contribution in [2.75, 3.05) is 11.9 Å². The van der Waals surface area contributed by atoms with Gasteiger partial charge in [0, 0.05) is 25.1 Å². The predicted octanol–water partition coefficient (Wildman–Crippen LogP) is 5.58. The maximum absolute atomic E-state index is 14.0. The predicted molar refractivity (Wildman–Crippen MR) is 115 cm³/mol. The monoisotopic (exact) mass is 446 g/mol. The molecule has 5 nitrogen and oxygen atoms in total. The number of piperidine rings is 1. The lowest BCUT2D eigenvalue weighted by Crippen LogP contribution is -2.52. The van der Waals surface area contributed by atoms with E-state index in [1.54, 1.807) is 0 Å². The first kappa shape index (κ1) is 21.3. The molecule has 2 aliphatic heterocycles. The van der Waals surface area contributed by atoms with E-state index < -0.39 is 18.3 Å². The number of halogens is 3. The minimum absolute atomic E-state index is 0.106. The Bertz CT molecular complexity index is 973. The Morgan fingerprint density at radius 2 is 1.88 bits per heavy atom. The Morgan fingerprint density at radius 1 is 1.12 bits per heavy atom. The second-order valence-corrected chi connectivity index (χ2v) is 9.54. The Morgan fingerprint density at radius 3 is 2.62 bits per heavy atom. The molecule has 0 bridgehead atoms. The van der Waals surface area contributed by atoms with Crippen LogP contribution in [0.3, 0.4) is 0 Å². The van der Waals surface area contributed by atoms with Crippen LogP contribution in [0.25, 0.3) is 0 Å². The Hall–Kier alpha value is -2.51. The van der Waals surface area contributed by atoms with Crippen molar-refractivity contribution in [2.45, 2.75) is 69.8 Å². The van der Waals surface area contributed by atoms with Gasteiger partial charge in [-0.05, 0) is 36.7 Å². The van der Waals surface area contributed by atoms with Gasteiger partial charge in [0.1, 0.15) is 5.82 Å². The van der Waals surface area contributed by atoms with E-state index in [4.69, 9.17) is 0 Å². The van der Waals surface area contributed by atoms with E-state index >= 15 is 0 Å². The van der Waals surface area contributed by atoms with E-state index in [1.807, 2.05) is 35.2 Å². The first-order valence-corrected chi connectivity index (χ1v) is 11.6. The molecule has 3 aliphatic rings. The molecular formula is C24H29F3N4O. The number of nitrogens with one attached hydrogen (secondary N) is 1. The number of anilines is 1. The average molecular weight is 447 g/mol. The molecule has 5 atom stereocenters. The third kappa shape index (κ3) is 3.77. The number of nitrogens with zero attached hydrogens (tertiary/aromatic N) is 3. The van der Waals surface area contributed by atoms with Crippen molar-refractivity contribution in [2.24, 2.45) is 11.8 Å². The first-order chi connectivity index (χ1) is 15.3. The highest BCUT2D eigenvalue weighted by Gasteiger charge is 2.47. The smallest absolute Gasteiger partial charge is 0.363 e. The zero-order valence-corrected chi connectivity index (χ0v) is 18.2. The lowest BCUT2D eigenvalue weighted by Gasteiger charge is -2.47. The van der Waals surface area contributed by atoms with E-state index in [1.165, 1.54) is 12.5 Å². The van der Waals surface area contributed by atoms with E-state index in [-0.39, 0.29) is 29.9 Å². The minimum atomic E-state index is -4.45. The number of likely N-dealkylation sites (tertiary alicyclic amines) is 1. The van der Waals surface area contributed by atoms with Gasteiger partial charge in [0.05, 0.1) is 6.04 Å². The molecule has 0 radical (unpaired) electrons. The summed E-state index contributed by atoms with van der Waals surface area (Å²) in [4.78, 5) is 15.3. The van der Waals surface area contributed by atoms with E-state index in [0.717, 1.165) is 35.9 Å². The highest BCUT2D eigenvalue weighted by molar-refractivity contribution is 5.93. The van der Waals surface area contributed by atoms with E-state index in [9.17, 15) is 18.0 Å². The molecule has 1 saturated carbocycles. The molecular weight excluding hydrogens is 417 g/mol. The SMILES string of the molecule is CC1CCN(C(=O)c2cc3n(n2)C(C(F)(F)F)CC(c2ccccc2)N3)C2CCCCC12. The molecule has 0 spiro atoms. The Kier molecular flexibility index (Phi) is 5.42. The van der Waals surface area contributed by atoms with Crippen LogP contribution in [0.1, 0.15) is 73.6 Å². The molecule has 5 rings (SSSR count). The normalized spacial score (nSPS) is 30.2. The molecule has 1 N–H and O–H groups in total. The summed E-state index contributed by atoms with van der Waals surface area (Å²) in [6.07, 6.45) is 0.671. The maximum atomic E-state index is 14.0. The van der Waals surface area contributed by atoms with Gasteiger partial charge in [0.25, 0.3) is 5.91 Å². The average Bonchev–Trinajstić information content (AvgIpc) is 3.22. The van der Waals surface area contributed by atoms with Crippen molar-refractivity contribution in [3.05, 3.63) is 47.7 Å². The lowest BCUT2D eigenvalue weighted by molar-refractivity contribution is -0.173. The van der Waals surface area contributed by atoms with Crippen LogP contribution in [-0.4, -0.2) is 39.4 Å². The van der Waals surface area contributed by atoms with Gasteiger partial charge < -0.3 is 10.2 Å². The van der Waals surface area contributed by atoms with Gasteiger partial charge in [0.15, 0.2) is 11.7 Å². The number of amides is 1. The van der Waals surface area contributed by atoms with Gasteiger partial charge in [-0.1, -0.05) is 50.1 Å². The van der Waals surface area contributed by atoms with Gasteiger partial charge >= 0.3 is 6.18 Å². The van der Waals surface area contributed by atoms with Crippen LogP contribution in [0.4, 0.5) is 19.0 Å². The van der Waals surface area contributed by atoms with E-state index in [2.05, 4.69) is 17.3 Å². The number of alkyl halides is 3. The molecule has 1 aliphatic carbocycles. The van der Waals surface area contributed by atoms with Crippen molar-refractivity contribution < 1.29 is 18.0 Å². The highest BCUT2D eigenvalue weighted by atomic mass is 19.4. The van der Waals surface area contributed by atoms with Crippen molar-refractivity contribution in [1.82, 2.24) is 14.7 Å². The Balaban J connectivity index is 1.45. The number of carbonyl (C=O) groups is 1. The minimum Gasteiger partial charge on any atom is -0.363 e. The summed E-state index contributed by atoms with van der Waals surface area (Å²) in [7, 11) is 0. The van der Waals surface area contributed by atoms with Crippen LogP contribution >= 0.6 is 0 Å². The molecule has 3 heterocycles. The molecule has 172 valence electrons. The van der Waals surface area contributed by atoms with Gasteiger partial charge in [-0.25, -0.2) is 4.68 Å². The molecule has 1 saturated heterocycles. The fraction of sp³-hybridized carbons (Fsp3) is 0.583. The van der Waals surface area contributed by atoms with E-state index in [0.29, 0.717) is 18.4 Å². The van der Waals surface area contributed by atoms with Crippen LogP contribution in [0.15, 0.2) is 36.4 Å². The molecule has 5 unspecified atom stereocenters. The summed E-state index contributed by atoms with van der Waals surface area (Å²) in [5.41, 5.74) is 0.895. The van der Waals surface area contributed by atoms with Gasteiger partial charge in [0.2, 0.25) is 0 Å². The molecule has 8 heteroatoms. The zero-order valence-electron chi connectivity index (χ0n) is 18.2. The van der Waals surface area contributed by atoms with Crippen LogP contribution < -0.4 is 5.32 Å². The molecule has 32 heavy (non-hydrogen) atoms. The van der Waals surface area contributed by atoms with Crippen LogP contribution in [0, 0.1) is 11.8 Å². The van der Waals surface area contributed by atoms with Crippen molar-refractivity contribution >= 4 is 11.7 Å². The number of benzene rings is 1. The summed E-state index contributed by atoms with van der Waals surface area (Å²) in [5, 5.41) is 7.39. The summed E-state index contributed by atoms with van der Waals surface area (Å²) >= 11 is 0. The lowest BCUT2D eigenvalue weighted by atomic mass is 9.72. The second-order valence-electron chi connectivity index (χ2n) is 9.54. The molecule has 1 aromatic heterocycles. The van der Waals surface area contributed by atoms with Crippen LogP contribution in [-0.2, 0) is 0 Å².